The molecule has 3 N–H and O–H groups in total. The second-order valence-corrected chi connectivity index (χ2v) is 11.8. The molecule has 5 aliphatic rings. The summed E-state index contributed by atoms with van der Waals surface area (Å²) < 4.78 is 0. The molecule has 2 bridgehead atoms. The zero-order valence-electron chi connectivity index (χ0n) is 20.7. The van der Waals surface area contributed by atoms with Crippen LogP contribution in [0.2, 0.25) is 0 Å². The van der Waals surface area contributed by atoms with E-state index >= 15 is 0 Å². The van der Waals surface area contributed by atoms with Crippen molar-refractivity contribution in [1.29, 1.82) is 0 Å². The normalized spacial score (nSPS) is 38.5. The fraction of sp³-hybridized carbons (Fsp3) is 0.567. The van der Waals surface area contributed by atoms with Gasteiger partial charge in [0.2, 0.25) is 0 Å². The summed E-state index contributed by atoms with van der Waals surface area (Å²) in [6.45, 7) is 6.09. The van der Waals surface area contributed by atoms with Gasteiger partial charge in [-0.15, -0.1) is 0 Å². The quantitative estimate of drug-likeness (QED) is 0.696. The Kier molecular flexibility index (Phi) is 4.73. The number of aromatic hydroxyl groups is 1. The van der Waals surface area contributed by atoms with Crippen LogP contribution < -0.4 is 5.73 Å². The van der Waals surface area contributed by atoms with Crippen molar-refractivity contribution in [3.63, 3.8) is 0 Å². The fourth-order valence-corrected chi connectivity index (χ4v) is 10.0. The lowest BCUT2D eigenvalue weighted by atomic mass is 9.20. The number of carbonyl (C=O) groups is 1. The van der Waals surface area contributed by atoms with E-state index in [0.717, 1.165) is 57.4 Å². The summed E-state index contributed by atoms with van der Waals surface area (Å²) >= 11 is 0. The summed E-state index contributed by atoms with van der Waals surface area (Å²) in [5, 5.41) is 10.6. The summed E-state index contributed by atoms with van der Waals surface area (Å²) in [7, 11) is 0. The van der Waals surface area contributed by atoms with Crippen molar-refractivity contribution in [2.24, 2.45) is 28.9 Å². The largest absolute Gasteiger partial charge is 0.508 e. The van der Waals surface area contributed by atoms with Crippen LogP contribution in [0.15, 0.2) is 48.5 Å². The average Bonchev–Trinajstić information content (AvgIpc) is 2.86. The van der Waals surface area contributed by atoms with E-state index in [2.05, 4.69) is 28.9 Å². The molecule has 2 saturated carbocycles. The molecule has 2 aromatic carbocycles. The van der Waals surface area contributed by atoms with Crippen molar-refractivity contribution in [2.75, 3.05) is 26.2 Å². The first-order valence-corrected chi connectivity index (χ1v) is 13.7. The van der Waals surface area contributed by atoms with Gasteiger partial charge in [0.1, 0.15) is 5.75 Å². The Morgan fingerprint density at radius 3 is 2.77 bits per heavy atom. The molecule has 184 valence electrons. The molecule has 4 fully saturated rings. The van der Waals surface area contributed by atoms with E-state index in [4.69, 9.17) is 5.73 Å². The minimum Gasteiger partial charge on any atom is -0.508 e. The van der Waals surface area contributed by atoms with Crippen LogP contribution >= 0.6 is 0 Å². The summed E-state index contributed by atoms with van der Waals surface area (Å²) in [5.41, 5.74) is 9.92. The van der Waals surface area contributed by atoms with Gasteiger partial charge in [-0.1, -0.05) is 31.2 Å². The fourth-order valence-electron chi connectivity index (χ4n) is 10.0. The van der Waals surface area contributed by atoms with Crippen molar-refractivity contribution in [2.45, 2.75) is 56.5 Å². The molecule has 2 saturated heterocycles. The number of benzene rings is 2. The van der Waals surface area contributed by atoms with Crippen LogP contribution in [0.3, 0.4) is 0 Å². The van der Waals surface area contributed by atoms with Crippen molar-refractivity contribution in [3.8, 4) is 5.75 Å². The van der Waals surface area contributed by atoms with Gasteiger partial charge in [-0.25, -0.2) is 0 Å². The molecule has 7 atom stereocenters. The third kappa shape index (κ3) is 2.54. The molecule has 0 radical (unpaired) electrons. The van der Waals surface area contributed by atoms with Gasteiger partial charge in [0.05, 0.1) is 0 Å². The van der Waals surface area contributed by atoms with Gasteiger partial charge in [-0.2, -0.15) is 0 Å². The van der Waals surface area contributed by atoms with Gasteiger partial charge in [0.15, 0.2) is 0 Å². The monoisotopic (exact) mass is 471 g/mol. The first-order chi connectivity index (χ1) is 17.1. The third-order valence-corrected chi connectivity index (χ3v) is 10.9. The Bertz CT molecular complexity index is 1170. The Labute approximate surface area is 208 Å². The number of hydrogen-bond acceptors (Lipinski definition) is 4. The minimum atomic E-state index is 0.0701. The van der Waals surface area contributed by atoms with Crippen molar-refractivity contribution in [1.82, 2.24) is 9.80 Å². The van der Waals surface area contributed by atoms with Gasteiger partial charge in [-0.05, 0) is 105 Å². The van der Waals surface area contributed by atoms with Gasteiger partial charge >= 0.3 is 0 Å². The standard InChI is InChI=1S/C30H37N3O2/c1-2-24-27-26-21(18-33(24)28(35)19-7-4-3-5-8-19)17-30(26)25-15-20-9-10-22(34)16-23(20)29(27,30)11-14-32(25)13-6-12-31/h3-5,7-10,16,21,24-27,34H,2,6,11-15,17-18,31H2,1H3/t21-,24?,25?,26?,27?,29?,30?/m1/s1. The number of amides is 1. The van der Waals surface area contributed by atoms with Gasteiger partial charge in [0.25, 0.3) is 5.91 Å². The first kappa shape index (κ1) is 21.9. The van der Waals surface area contributed by atoms with E-state index in [0.29, 0.717) is 35.0 Å². The predicted molar refractivity (Wildman–Crippen MR) is 136 cm³/mol. The molecule has 2 aromatic rings. The highest BCUT2D eigenvalue weighted by Crippen LogP contribution is 2.84. The van der Waals surface area contributed by atoms with E-state index in [1.165, 1.54) is 17.5 Å². The van der Waals surface area contributed by atoms with E-state index in [1.54, 1.807) is 0 Å². The molecule has 1 spiro atoms. The highest BCUT2D eigenvalue weighted by Gasteiger charge is 2.85. The highest BCUT2D eigenvalue weighted by molar-refractivity contribution is 5.94. The number of carbonyl (C=O) groups excluding carboxylic acids is 1. The van der Waals surface area contributed by atoms with E-state index in [1.807, 2.05) is 36.4 Å². The number of piperidine rings is 2. The van der Waals surface area contributed by atoms with Crippen LogP contribution in [0.5, 0.6) is 5.75 Å². The smallest absolute Gasteiger partial charge is 0.254 e. The van der Waals surface area contributed by atoms with E-state index in [9.17, 15) is 9.90 Å². The second kappa shape index (κ2) is 7.57. The number of fused-ring (bicyclic) bond motifs is 1. The lowest BCUT2D eigenvalue weighted by Gasteiger charge is -2.88. The van der Waals surface area contributed by atoms with Crippen LogP contribution in [0.4, 0.5) is 0 Å². The maximum Gasteiger partial charge on any atom is 0.254 e. The van der Waals surface area contributed by atoms with E-state index in [-0.39, 0.29) is 17.4 Å². The molecule has 6 unspecified atom stereocenters. The van der Waals surface area contributed by atoms with Crippen LogP contribution in [0.25, 0.3) is 0 Å². The summed E-state index contributed by atoms with van der Waals surface area (Å²) in [5.74, 6) is 2.35. The maximum absolute atomic E-state index is 13.8. The number of nitrogens with zero attached hydrogens (tertiary/aromatic N) is 2. The third-order valence-electron chi connectivity index (χ3n) is 10.9. The lowest BCUT2D eigenvalue weighted by molar-refractivity contribution is -0.349. The molecule has 5 nitrogen and oxygen atoms in total. The van der Waals surface area contributed by atoms with Crippen LogP contribution in [0.1, 0.15) is 54.1 Å². The van der Waals surface area contributed by atoms with Crippen molar-refractivity contribution >= 4 is 5.91 Å². The molecule has 7 rings (SSSR count). The Morgan fingerprint density at radius 1 is 1.17 bits per heavy atom. The molecule has 2 aliphatic heterocycles. The maximum atomic E-state index is 13.8. The van der Waals surface area contributed by atoms with Crippen LogP contribution in [-0.2, 0) is 11.8 Å². The number of likely N-dealkylation sites (tertiary alicyclic amines) is 2. The number of rotatable bonds is 5. The number of phenols is 1. The molecule has 5 heteroatoms. The topological polar surface area (TPSA) is 69.8 Å². The molecule has 1 amide bonds. The lowest BCUT2D eigenvalue weighted by Crippen LogP contribution is -2.90. The SMILES string of the molecule is CCC1C2C3[C@@H](CN1C(=O)c1ccccc1)CC31C3Cc4ccc(O)cc4C21CCN3CCCN. The van der Waals surface area contributed by atoms with Gasteiger partial charge < -0.3 is 15.7 Å². The molecule has 2 heterocycles. The Morgan fingerprint density at radius 2 is 2.00 bits per heavy atom. The zero-order chi connectivity index (χ0) is 23.9. The predicted octanol–water partition coefficient (Wildman–Crippen LogP) is 3.80. The average molecular weight is 472 g/mol. The van der Waals surface area contributed by atoms with Gasteiger partial charge in [-0.3, -0.25) is 9.69 Å². The summed E-state index contributed by atoms with van der Waals surface area (Å²) in [6, 6.07) is 16.8. The van der Waals surface area contributed by atoms with E-state index < -0.39 is 0 Å². The summed E-state index contributed by atoms with van der Waals surface area (Å²) in [4.78, 5) is 18.8. The van der Waals surface area contributed by atoms with Crippen molar-refractivity contribution < 1.29 is 9.90 Å². The molecule has 35 heavy (non-hydrogen) atoms. The number of hydrogen-bond donors (Lipinski definition) is 2. The van der Waals surface area contributed by atoms with Gasteiger partial charge in [0, 0.05) is 35.0 Å². The second-order valence-electron chi connectivity index (χ2n) is 11.8. The Hall–Kier alpha value is -2.37. The van der Waals surface area contributed by atoms with Crippen LogP contribution in [-0.4, -0.2) is 59.1 Å². The highest BCUT2D eigenvalue weighted by atomic mass is 16.3. The van der Waals surface area contributed by atoms with Crippen LogP contribution in [0, 0.1) is 23.2 Å². The first-order valence-electron chi connectivity index (χ1n) is 13.7. The minimum absolute atomic E-state index is 0.0701. The molecular weight excluding hydrogens is 434 g/mol. The van der Waals surface area contributed by atoms with Crippen molar-refractivity contribution in [3.05, 3.63) is 65.2 Å². The molecule has 0 aromatic heterocycles. The summed E-state index contributed by atoms with van der Waals surface area (Å²) in [6.07, 6.45) is 5.46. The number of nitrogens with two attached hydrogens (primary N) is 1. The number of phenolic OH excluding ortho intramolecular Hbond substituents is 1. The molecule has 3 aliphatic carbocycles. The Balaban J connectivity index is 1.34. The zero-order valence-corrected chi connectivity index (χ0v) is 20.7. The molecular formula is C30H37N3O2.